The maximum atomic E-state index is 12.3. The molecule has 1 N–H and O–H groups in total. The van der Waals surface area contributed by atoms with Gasteiger partial charge >= 0.3 is 0 Å². The first kappa shape index (κ1) is 17.2. The molecular formula is C14H10Cl3NO3S. The molecule has 0 heterocycles. The Balaban J connectivity index is 2.29. The van der Waals surface area contributed by atoms with Crippen LogP contribution in [0.25, 0.3) is 0 Å². The third kappa shape index (κ3) is 4.00. The normalized spacial score (nSPS) is 11.4. The molecule has 116 valence electrons. The van der Waals surface area contributed by atoms with Crippen molar-refractivity contribution in [3.05, 3.63) is 63.6 Å². The Labute approximate surface area is 143 Å². The maximum absolute atomic E-state index is 12.3. The zero-order chi connectivity index (χ0) is 16.3. The molecule has 22 heavy (non-hydrogen) atoms. The van der Waals surface area contributed by atoms with Crippen molar-refractivity contribution >= 4 is 50.1 Å². The Morgan fingerprint density at radius 3 is 2.36 bits per heavy atom. The van der Waals surface area contributed by atoms with E-state index in [1.165, 1.54) is 12.1 Å². The molecule has 0 atom stereocenters. The van der Waals surface area contributed by atoms with E-state index in [1.807, 2.05) is 0 Å². The molecule has 0 saturated carbocycles. The second-order valence-corrected chi connectivity index (χ2v) is 7.23. The van der Waals surface area contributed by atoms with E-state index in [2.05, 4.69) is 4.72 Å². The fourth-order valence-electron chi connectivity index (χ4n) is 1.72. The van der Waals surface area contributed by atoms with Crippen LogP contribution >= 0.6 is 34.8 Å². The van der Waals surface area contributed by atoms with E-state index in [-0.39, 0.29) is 22.0 Å². The molecule has 2 aromatic carbocycles. The Morgan fingerprint density at radius 2 is 1.73 bits per heavy atom. The number of halogens is 3. The van der Waals surface area contributed by atoms with Crippen LogP contribution in [0.5, 0.6) is 0 Å². The van der Waals surface area contributed by atoms with Crippen molar-refractivity contribution in [2.75, 3.05) is 0 Å². The van der Waals surface area contributed by atoms with Crippen molar-refractivity contribution in [2.45, 2.75) is 11.4 Å². The van der Waals surface area contributed by atoms with E-state index in [4.69, 9.17) is 34.8 Å². The number of carbonyl (C=O) groups excluding carboxylic acids is 1. The van der Waals surface area contributed by atoms with Gasteiger partial charge in [0.2, 0.25) is 10.0 Å². The molecule has 0 aromatic heterocycles. The zero-order valence-electron chi connectivity index (χ0n) is 11.0. The summed E-state index contributed by atoms with van der Waals surface area (Å²) in [6, 6.07) is 10.6. The van der Waals surface area contributed by atoms with Crippen molar-refractivity contribution in [1.29, 1.82) is 0 Å². The lowest BCUT2D eigenvalue weighted by molar-refractivity contribution is 0.108. The lowest BCUT2D eigenvalue weighted by Crippen LogP contribution is -2.24. The van der Waals surface area contributed by atoms with Crippen LogP contribution in [-0.4, -0.2) is 13.7 Å². The molecule has 0 aliphatic heterocycles. The molecule has 0 bridgehead atoms. The molecule has 0 spiro atoms. The highest BCUT2D eigenvalue weighted by molar-refractivity contribution is 7.89. The van der Waals surface area contributed by atoms with E-state index in [9.17, 15) is 13.2 Å². The first-order valence-corrected chi connectivity index (χ1v) is 8.65. The van der Waals surface area contributed by atoms with Crippen molar-refractivity contribution < 1.29 is 13.2 Å². The average molecular weight is 379 g/mol. The highest BCUT2D eigenvalue weighted by atomic mass is 35.5. The van der Waals surface area contributed by atoms with Crippen LogP contribution in [0.4, 0.5) is 0 Å². The van der Waals surface area contributed by atoms with Crippen LogP contribution in [-0.2, 0) is 16.6 Å². The quantitative estimate of drug-likeness (QED) is 0.804. The lowest BCUT2D eigenvalue weighted by atomic mass is 10.2. The number of nitrogens with one attached hydrogen (secondary N) is 1. The Hall–Kier alpha value is -1.11. The molecule has 0 amide bonds. The van der Waals surface area contributed by atoms with Crippen molar-refractivity contribution in [2.24, 2.45) is 0 Å². The van der Waals surface area contributed by atoms with Crippen molar-refractivity contribution in [3.8, 4) is 0 Å². The highest BCUT2D eigenvalue weighted by Crippen LogP contribution is 2.24. The summed E-state index contributed by atoms with van der Waals surface area (Å²) in [4.78, 5) is 10.9. The van der Waals surface area contributed by atoms with Gasteiger partial charge in [0.05, 0.1) is 5.02 Å². The predicted molar refractivity (Wildman–Crippen MR) is 87.1 cm³/mol. The largest absolute Gasteiger partial charge is 0.276 e. The standard InChI is InChI=1S/C14H10Cl3NO3S/c15-11-4-2-1-3-10(11)8-18-22(20,21)13-7-9(14(17)19)5-6-12(13)16/h1-7,18H,8H2. The fraction of sp³-hybridized carbons (Fsp3) is 0.0714. The first-order valence-electron chi connectivity index (χ1n) is 6.04. The summed E-state index contributed by atoms with van der Waals surface area (Å²) >= 11 is 17.2. The second-order valence-electron chi connectivity index (χ2n) is 4.33. The number of sulfonamides is 1. The summed E-state index contributed by atoms with van der Waals surface area (Å²) < 4.78 is 27.0. The summed E-state index contributed by atoms with van der Waals surface area (Å²) in [5.41, 5.74) is 0.664. The first-order chi connectivity index (χ1) is 10.3. The van der Waals surface area contributed by atoms with Crippen molar-refractivity contribution in [1.82, 2.24) is 4.72 Å². The van der Waals surface area contributed by atoms with Gasteiger partial charge in [-0.25, -0.2) is 13.1 Å². The minimum absolute atomic E-state index is 0.00259. The SMILES string of the molecule is O=C(Cl)c1ccc(Cl)c(S(=O)(=O)NCc2ccccc2Cl)c1. The monoisotopic (exact) mass is 377 g/mol. The molecular weight excluding hydrogens is 369 g/mol. The second kappa shape index (κ2) is 6.98. The van der Waals surface area contributed by atoms with E-state index in [1.54, 1.807) is 24.3 Å². The number of benzene rings is 2. The third-order valence-corrected chi connectivity index (χ3v) is 5.33. The highest BCUT2D eigenvalue weighted by Gasteiger charge is 2.20. The van der Waals surface area contributed by atoms with Gasteiger partial charge in [0.1, 0.15) is 4.90 Å². The molecule has 8 heteroatoms. The lowest BCUT2D eigenvalue weighted by Gasteiger charge is -2.10. The van der Waals surface area contributed by atoms with Gasteiger partial charge in [0, 0.05) is 17.1 Å². The van der Waals surface area contributed by atoms with Gasteiger partial charge in [-0.05, 0) is 41.4 Å². The van der Waals surface area contributed by atoms with Crippen molar-refractivity contribution in [3.63, 3.8) is 0 Å². The molecule has 0 aliphatic rings. The van der Waals surface area contributed by atoms with Crippen LogP contribution < -0.4 is 4.72 Å². The molecule has 4 nitrogen and oxygen atoms in total. The summed E-state index contributed by atoms with van der Waals surface area (Å²) in [5.74, 6) is 0. The Bertz CT molecular complexity index is 822. The topological polar surface area (TPSA) is 63.2 Å². The molecule has 2 rings (SSSR count). The number of carbonyl (C=O) groups is 1. The molecule has 2 aromatic rings. The van der Waals surface area contributed by atoms with Gasteiger partial charge in [-0.2, -0.15) is 0 Å². The average Bonchev–Trinajstić information content (AvgIpc) is 2.46. The Morgan fingerprint density at radius 1 is 1.05 bits per heavy atom. The smallest absolute Gasteiger partial charge is 0.252 e. The van der Waals surface area contributed by atoms with Gasteiger partial charge in [0.15, 0.2) is 0 Å². The Kier molecular flexibility index (Phi) is 5.47. The molecule has 0 unspecified atom stereocenters. The van der Waals surface area contributed by atoms with E-state index in [0.717, 1.165) is 6.07 Å². The van der Waals surface area contributed by atoms with Gasteiger partial charge in [0.25, 0.3) is 5.24 Å². The zero-order valence-corrected chi connectivity index (χ0v) is 14.1. The fourth-order valence-corrected chi connectivity index (χ4v) is 3.57. The number of hydrogen-bond donors (Lipinski definition) is 1. The summed E-state index contributed by atoms with van der Waals surface area (Å²) in [6.45, 7) is -0.00259. The maximum Gasteiger partial charge on any atom is 0.252 e. The van der Waals surface area contributed by atoms with Gasteiger partial charge < -0.3 is 0 Å². The van der Waals surface area contributed by atoms with Gasteiger partial charge in [-0.1, -0.05) is 41.4 Å². The van der Waals surface area contributed by atoms with Gasteiger partial charge in [-0.15, -0.1) is 0 Å². The van der Waals surface area contributed by atoms with E-state index >= 15 is 0 Å². The minimum atomic E-state index is -3.91. The number of rotatable bonds is 5. The minimum Gasteiger partial charge on any atom is -0.276 e. The van der Waals surface area contributed by atoms with Crippen LogP contribution in [0, 0.1) is 0 Å². The molecule has 0 saturated heterocycles. The summed E-state index contributed by atoms with van der Waals surface area (Å²) in [5, 5.41) is -0.325. The summed E-state index contributed by atoms with van der Waals surface area (Å²) in [6.07, 6.45) is 0. The molecule has 0 fully saturated rings. The third-order valence-electron chi connectivity index (χ3n) is 2.86. The number of hydrogen-bond acceptors (Lipinski definition) is 3. The molecule has 0 aliphatic carbocycles. The van der Waals surface area contributed by atoms with Crippen LogP contribution in [0.3, 0.4) is 0 Å². The van der Waals surface area contributed by atoms with E-state index < -0.39 is 15.3 Å². The van der Waals surface area contributed by atoms with Crippen LogP contribution in [0.2, 0.25) is 10.0 Å². The van der Waals surface area contributed by atoms with Gasteiger partial charge in [-0.3, -0.25) is 4.79 Å². The summed E-state index contributed by atoms with van der Waals surface area (Å²) in [7, 11) is -3.91. The van der Waals surface area contributed by atoms with Crippen LogP contribution in [0.15, 0.2) is 47.4 Å². The molecule has 0 radical (unpaired) electrons. The predicted octanol–water partition coefficient (Wildman–Crippen LogP) is 3.85. The van der Waals surface area contributed by atoms with Crippen LogP contribution in [0.1, 0.15) is 15.9 Å². The van der Waals surface area contributed by atoms with E-state index in [0.29, 0.717) is 10.6 Å².